The van der Waals surface area contributed by atoms with E-state index in [0.29, 0.717) is 0 Å². The summed E-state index contributed by atoms with van der Waals surface area (Å²) in [5.74, 6) is 1.91. The molecule has 2 fully saturated rings. The highest BCUT2D eigenvalue weighted by molar-refractivity contribution is 5.94. The number of nitrogens with zero attached hydrogens (tertiary/aromatic N) is 2. The number of benzene rings is 1. The van der Waals surface area contributed by atoms with Gasteiger partial charge >= 0.3 is 0 Å². The quantitative estimate of drug-likeness (QED) is 0.773. The molecule has 1 aromatic carbocycles. The Morgan fingerprint density at radius 1 is 0.958 bits per heavy atom. The van der Waals surface area contributed by atoms with Crippen molar-refractivity contribution in [1.82, 2.24) is 4.90 Å². The molecule has 2 aliphatic rings. The number of likely N-dealkylation sites (tertiary alicyclic amines) is 1. The van der Waals surface area contributed by atoms with Crippen LogP contribution in [-0.2, 0) is 0 Å². The lowest BCUT2D eigenvalue weighted by molar-refractivity contribution is 0.101. The highest BCUT2D eigenvalue weighted by Crippen LogP contribution is 2.29. The van der Waals surface area contributed by atoms with Crippen molar-refractivity contribution in [3.63, 3.8) is 0 Å². The summed E-state index contributed by atoms with van der Waals surface area (Å²) in [6.07, 6.45) is 5.29. The van der Waals surface area contributed by atoms with E-state index in [4.69, 9.17) is 0 Å². The lowest BCUT2D eigenvalue weighted by Crippen LogP contribution is -2.48. The zero-order valence-electron chi connectivity index (χ0n) is 15.5. The Morgan fingerprint density at radius 3 is 2.04 bits per heavy atom. The third-order valence-electron chi connectivity index (χ3n) is 6.14. The van der Waals surface area contributed by atoms with Gasteiger partial charge in [0.05, 0.1) is 0 Å². The number of piperidine rings is 2. The van der Waals surface area contributed by atoms with Crippen LogP contribution >= 0.6 is 0 Å². The molecule has 0 saturated carbocycles. The van der Waals surface area contributed by atoms with Crippen molar-refractivity contribution < 1.29 is 4.79 Å². The molecule has 2 heterocycles. The average molecular weight is 329 g/mol. The monoisotopic (exact) mass is 328 g/mol. The SMILES string of the molecule is CC(=O)c1ccc(N2CCC(N3CCC(C(C)C)CC3)CC2)cc1. The second-order valence-electron chi connectivity index (χ2n) is 7.94. The summed E-state index contributed by atoms with van der Waals surface area (Å²) in [4.78, 5) is 16.6. The molecule has 2 aliphatic heterocycles. The molecule has 0 atom stereocenters. The molecule has 3 heteroatoms. The van der Waals surface area contributed by atoms with E-state index in [1.54, 1.807) is 6.92 Å². The Bertz CT molecular complexity index is 535. The van der Waals surface area contributed by atoms with Gasteiger partial charge in [-0.1, -0.05) is 13.8 Å². The maximum Gasteiger partial charge on any atom is 0.159 e. The Morgan fingerprint density at radius 2 is 1.54 bits per heavy atom. The summed E-state index contributed by atoms with van der Waals surface area (Å²) in [5.41, 5.74) is 2.07. The minimum Gasteiger partial charge on any atom is -0.371 e. The topological polar surface area (TPSA) is 23.6 Å². The van der Waals surface area contributed by atoms with Crippen molar-refractivity contribution in [2.45, 2.75) is 52.5 Å². The average Bonchev–Trinajstić information content (AvgIpc) is 2.62. The zero-order valence-corrected chi connectivity index (χ0v) is 15.5. The molecule has 132 valence electrons. The van der Waals surface area contributed by atoms with Crippen LogP contribution in [0.2, 0.25) is 0 Å². The smallest absolute Gasteiger partial charge is 0.159 e. The minimum absolute atomic E-state index is 0.144. The molecule has 0 aromatic heterocycles. The summed E-state index contributed by atoms with van der Waals surface area (Å²) in [6, 6.07) is 8.89. The second-order valence-corrected chi connectivity index (χ2v) is 7.94. The number of carbonyl (C=O) groups excluding carboxylic acids is 1. The van der Waals surface area contributed by atoms with Crippen LogP contribution in [0.4, 0.5) is 5.69 Å². The van der Waals surface area contributed by atoms with Crippen molar-refractivity contribution >= 4 is 11.5 Å². The standard InChI is InChI=1S/C21H32N2O/c1-16(2)18-8-12-22(13-9-18)21-10-14-23(15-11-21)20-6-4-19(5-7-20)17(3)24/h4-7,16,18,21H,8-15H2,1-3H3. The molecule has 1 aromatic rings. The second kappa shape index (κ2) is 7.69. The van der Waals surface area contributed by atoms with Crippen molar-refractivity contribution in [2.24, 2.45) is 11.8 Å². The van der Waals surface area contributed by atoms with Crippen molar-refractivity contribution in [3.05, 3.63) is 29.8 Å². The van der Waals surface area contributed by atoms with Gasteiger partial charge in [0, 0.05) is 30.4 Å². The van der Waals surface area contributed by atoms with Crippen LogP contribution in [0.1, 0.15) is 56.8 Å². The first-order valence-electron chi connectivity index (χ1n) is 9.64. The number of anilines is 1. The molecule has 0 unspecified atom stereocenters. The van der Waals surface area contributed by atoms with Crippen molar-refractivity contribution in [2.75, 3.05) is 31.1 Å². The molecule has 0 radical (unpaired) electrons. The molecular weight excluding hydrogens is 296 g/mol. The van der Waals surface area contributed by atoms with E-state index in [9.17, 15) is 4.79 Å². The molecule has 3 rings (SSSR count). The highest BCUT2D eigenvalue weighted by Gasteiger charge is 2.29. The maximum atomic E-state index is 11.4. The molecule has 2 saturated heterocycles. The number of hydrogen-bond donors (Lipinski definition) is 0. The first kappa shape index (κ1) is 17.5. The van der Waals surface area contributed by atoms with Gasteiger partial charge in [-0.05, 0) is 81.8 Å². The zero-order chi connectivity index (χ0) is 17.1. The Kier molecular flexibility index (Phi) is 5.60. The van der Waals surface area contributed by atoms with Crippen LogP contribution in [0, 0.1) is 11.8 Å². The lowest BCUT2D eigenvalue weighted by Gasteiger charge is -2.43. The van der Waals surface area contributed by atoms with E-state index in [2.05, 4.69) is 35.8 Å². The lowest BCUT2D eigenvalue weighted by atomic mass is 9.85. The van der Waals surface area contributed by atoms with Gasteiger partial charge in [0.25, 0.3) is 0 Å². The molecule has 0 bridgehead atoms. The van der Waals surface area contributed by atoms with E-state index < -0.39 is 0 Å². The van der Waals surface area contributed by atoms with Crippen molar-refractivity contribution in [3.8, 4) is 0 Å². The fourth-order valence-electron chi connectivity index (χ4n) is 4.35. The molecule has 0 N–H and O–H groups in total. The number of rotatable bonds is 4. The van der Waals surface area contributed by atoms with Gasteiger partial charge in [-0.25, -0.2) is 0 Å². The van der Waals surface area contributed by atoms with E-state index in [1.165, 1.54) is 44.5 Å². The van der Waals surface area contributed by atoms with Gasteiger partial charge in [-0.3, -0.25) is 4.79 Å². The predicted molar refractivity (Wildman–Crippen MR) is 101 cm³/mol. The normalized spacial score (nSPS) is 21.4. The fourth-order valence-corrected chi connectivity index (χ4v) is 4.35. The number of hydrogen-bond acceptors (Lipinski definition) is 3. The molecule has 0 spiro atoms. The fraction of sp³-hybridized carbons (Fsp3) is 0.667. The summed E-state index contributed by atoms with van der Waals surface area (Å²) in [7, 11) is 0. The van der Waals surface area contributed by atoms with Crippen LogP contribution in [0.25, 0.3) is 0 Å². The summed E-state index contributed by atoms with van der Waals surface area (Å²) >= 11 is 0. The van der Waals surface area contributed by atoms with E-state index >= 15 is 0 Å². The van der Waals surface area contributed by atoms with E-state index in [1.807, 2.05) is 12.1 Å². The molecular formula is C21H32N2O. The maximum absolute atomic E-state index is 11.4. The summed E-state index contributed by atoms with van der Waals surface area (Å²) < 4.78 is 0. The summed E-state index contributed by atoms with van der Waals surface area (Å²) in [6.45, 7) is 11.2. The van der Waals surface area contributed by atoms with Gasteiger partial charge < -0.3 is 9.80 Å². The predicted octanol–water partition coefficient (Wildman–Crippen LogP) is 4.23. The van der Waals surface area contributed by atoms with Crippen LogP contribution in [0.5, 0.6) is 0 Å². The van der Waals surface area contributed by atoms with E-state index in [-0.39, 0.29) is 5.78 Å². The summed E-state index contributed by atoms with van der Waals surface area (Å²) in [5, 5.41) is 0. The first-order chi connectivity index (χ1) is 11.5. The van der Waals surface area contributed by atoms with Crippen LogP contribution < -0.4 is 4.90 Å². The Hall–Kier alpha value is -1.35. The number of Topliss-reactive ketones (excluding diaryl/α,β-unsaturated/α-hetero) is 1. The van der Waals surface area contributed by atoms with Crippen LogP contribution in [-0.4, -0.2) is 42.9 Å². The molecule has 3 nitrogen and oxygen atoms in total. The van der Waals surface area contributed by atoms with Crippen LogP contribution in [0.15, 0.2) is 24.3 Å². The highest BCUT2D eigenvalue weighted by atomic mass is 16.1. The molecule has 0 amide bonds. The third kappa shape index (κ3) is 4.00. The molecule has 24 heavy (non-hydrogen) atoms. The van der Waals surface area contributed by atoms with Crippen LogP contribution in [0.3, 0.4) is 0 Å². The van der Waals surface area contributed by atoms with Gasteiger partial charge in [0.1, 0.15) is 0 Å². The van der Waals surface area contributed by atoms with Gasteiger partial charge in [0.15, 0.2) is 5.78 Å². The number of ketones is 1. The van der Waals surface area contributed by atoms with Gasteiger partial charge in [-0.15, -0.1) is 0 Å². The van der Waals surface area contributed by atoms with E-state index in [0.717, 1.165) is 36.5 Å². The Labute approximate surface area is 147 Å². The first-order valence-corrected chi connectivity index (χ1v) is 9.64. The minimum atomic E-state index is 0.144. The largest absolute Gasteiger partial charge is 0.371 e. The number of carbonyl (C=O) groups is 1. The van der Waals surface area contributed by atoms with Crippen molar-refractivity contribution in [1.29, 1.82) is 0 Å². The molecule has 0 aliphatic carbocycles. The Balaban J connectivity index is 1.50. The third-order valence-corrected chi connectivity index (χ3v) is 6.14. The van der Waals surface area contributed by atoms with Gasteiger partial charge in [-0.2, -0.15) is 0 Å². The van der Waals surface area contributed by atoms with Gasteiger partial charge in [0.2, 0.25) is 0 Å².